The van der Waals surface area contributed by atoms with Gasteiger partial charge in [-0.2, -0.15) is 6.42 Å². The monoisotopic (exact) mass is 134 g/mol. The van der Waals surface area contributed by atoms with Gasteiger partial charge < -0.3 is 6.92 Å². The summed E-state index contributed by atoms with van der Waals surface area (Å²) in [5, 5.41) is 0. The molecule has 10 heavy (non-hydrogen) atoms. The molecule has 0 nitrogen and oxygen atoms in total. The van der Waals surface area contributed by atoms with Crippen molar-refractivity contribution in [1.82, 2.24) is 0 Å². The zero-order valence-electron chi connectivity index (χ0n) is 8.04. The molecule has 0 aliphatic heterocycles. The smallest absolute Gasteiger partial charge is 0.343 e. The molecule has 0 aliphatic carbocycles. The maximum Gasteiger partial charge on any atom is 1.00 e. The molecule has 0 rings (SSSR count). The first kappa shape index (κ1) is 13.2. The van der Waals surface area contributed by atoms with Crippen LogP contribution in [0.5, 0.6) is 0 Å². The Kier molecular flexibility index (Phi) is 8.34. The second-order valence-corrected chi connectivity index (χ2v) is 3.87. The summed E-state index contributed by atoms with van der Waals surface area (Å²) < 4.78 is 0. The van der Waals surface area contributed by atoms with E-state index in [1.807, 2.05) is 0 Å². The number of rotatable bonds is 3. The third kappa shape index (κ3) is 11.4. The van der Waals surface area contributed by atoms with E-state index >= 15 is 0 Å². The Hall–Kier alpha value is 0.597. The van der Waals surface area contributed by atoms with Crippen molar-refractivity contribution in [1.29, 1.82) is 0 Å². The van der Waals surface area contributed by atoms with E-state index < -0.39 is 0 Å². The second kappa shape index (κ2) is 6.32. The van der Waals surface area contributed by atoms with Gasteiger partial charge in [-0.3, -0.25) is 0 Å². The first-order valence-electron chi connectivity index (χ1n) is 3.85. The minimum Gasteiger partial charge on any atom is -0.343 e. The molecule has 0 saturated carbocycles. The van der Waals surface area contributed by atoms with E-state index in [9.17, 15) is 0 Å². The van der Waals surface area contributed by atoms with Crippen LogP contribution < -0.4 is 18.9 Å². The fraction of sp³-hybridized carbons (Fsp3) is 0.889. The molecule has 0 aromatic carbocycles. The number of hydrogen-bond donors (Lipinski definition) is 0. The summed E-state index contributed by atoms with van der Waals surface area (Å²) in [5.41, 5.74) is 0.523. The quantitative estimate of drug-likeness (QED) is 0.298. The standard InChI is InChI=1S/C9H19.Li/c1-5-6-7-8-9(2,3)4;/h1,5-8H2,2-4H3;/q-1;+1. The van der Waals surface area contributed by atoms with Crippen molar-refractivity contribution >= 4 is 0 Å². The van der Waals surface area contributed by atoms with Crippen LogP contribution in [0.1, 0.15) is 46.5 Å². The molecular formula is C9H19Li. The molecule has 1 heteroatoms. The van der Waals surface area contributed by atoms with E-state index in [1.54, 1.807) is 0 Å². The normalized spacial score (nSPS) is 10.8. The van der Waals surface area contributed by atoms with Crippen LogP contribution in [-0.4, -0.2) is 0 Å². The molecule has 0 fully saturated rings. The Labute approximate surface area is 78.0 Å². The molecule has 0 aliphatic rings. The predicted octanol–water partition coefficient (Wildman–Crippen LogP) is 0.431. The van der Waals surface area contributed by atoms with Crippen LogP contribution >= 0.6 is 0 Å². The zero-order chi connectivity index (χ0) is 7.33. The van der Waals surface area contributed by atoms with E-state index in [0.29, 0.717) is 5.41 Å². The third-order valence-electron chi connectivity index (χ3n) is 1.43. The van der Waals surface area contributed by atoms with Gasteiger partial charge in [-0.15, -0.1) is 0 Å². The summed E-state index contributed by atoms with van der Waals surface area (Å²) >= 11 is 0. The Morgan fingerprint density at radius 1 is 1.10 bits per heavy atom. The number of hydrogen-bond acceptors (Lipinski definition) is 0. The van der Waals surface area contributed by atoms with Crippen LogP contribution in [0, 0.1) is 12.3 Å². The van der Waals surface area contributed by atoms with Gasteiger partial charge in [-0.25, -0.2) is 0 Å². The Morgan fingerprint density at radius 2 is 1.60 bits per heavy atom. The van der Waals surface area contributed by atoms with Crippen molar-refractivity contribution in [2.75, 3.05) is 0 Å². The summed E-state index contributed by atoms with van der Waals surface area (Å²) in [6, 6.07) is 0. The van der Waals surface area contributed by atoms with E-state index in [0.717, 1.165) is 6.42 Å². The Bertz CT molecular complexity index is 61.6. The van der Waals surface area contributed by atoms with E-state index in [1.165, 1.54) is 19.3 Å². The summed E-state index contributed by atoms with van der Waals surface area (Å²) in [6.45, 7) is 10.7. The van der Waals surface area contributed by atoms with E-state index in [-0.39, 0.29) is 18.9 Å². The maximum absolute atomic E-state index is 3.81. The minimum atomic E-state index is 0. The van der Waals surface area contributed by atoms with Crippen molar-refractivity contribution in [3.8, 4) is 0 Å². The van der Waals surface area contributed by atoms with Crippen LogP contribution in [0.25, 0.3) is 0 Å². The van der Waals surface area contributed by atoms with Crippen molar-refractivity contribution in [3.05, 3.63) is 6.92 Å². The van der Waals surface area contributed by atoms with E-state index in [4.69, 9.17) is 0 Å². The molecule has 0 aromatic heterocycles. The van der Waals surface area contributed by atoms with Gasteiger partial charge in [0.25, 0.3) is 0 Å². The molecule has 0 spiro atoms. The van der Waals surface area contributed by atoms with Crippen LogP contribution in [-0.2, 0) is 0 Å². The molecule has 56 valence electrons. The molecule has 0 heterocycles. The van der Waals surface area contributed by atoms with Gasteiger partial charge in [-0.05, 0) is 11.8 Å². The summed E-state index contributed by atoms with van der Waals surface area (Å²) in [6.07, 6.45) is 5.06. The maximum atomic E-state index is 3.81. The zero-order valence-corrected chi connectivity index (χ0v) is 8.04. The van der Waals surface area contributed by atoms with Crippen molar-refractivity contribution in [2.45, 2.75) is 46.5 Å². The average molecular weight is 134 g/mol. The molecular weight excluding hydrogens is 115 g/mol. The third-order valence-corrected chi connectivity index (χ3v) is 1.43. The topological polar surface area (TPSA) is 0 Å². The largest absolute Gasteiger partial charge is 1.00 e. The fourth-order valence-corrected chi connectivity index (χ4v) is 0.832. The van der Waals surface area contributed by atoms with E-state index in [2.05, 4.69) is 27.7 Å². The molecule has 0 unspecified atom stereocenters. The number of unbranched alkanes of at least 4 members (excludes halogenated alkanes) is 2. The van der Waals surface area contributed by atoms with Gasteiger partial charge in [0.05, 0.1) is 0 Å². The van der Waals surface area contributed by atoms with Crippen LogP contribution in [0.2, 0.25) is 0 Å². The van der Waals surface area contributed by atoms with Gasteiger partial charge >= 0.3 is 18.9 Å². The molecule has 0 atom stereocenters. The van der Waals surface area contributed by atoms with Crippen molar-refractivity contribution < 1.29 is 18.9 Å². The van der Waals surface area contributed by atoms with Gasteiger partial charge in [0.2, 0.25) is 0 Å². The Morgan fingerprint density at radius 3 is 1.90 bits per heavy atom. The molecule has 0 radical (unpaired) electrons. The van der Waals surface area contributed by atoms with Crippen molar-refractivity contribution in [2.24, 2.45) is 5.41 Å². The van der Waals surface area contributed by atoms with Crippen LogP contribution in [0.15, 0.2) is 0 Å². The molecule has 0 bridgehead atoms. The van der Waals surface area contributed by atoms with Crippen molar-refractivity contribution in [3.63, 3.8) is 0 Å². The minimum absolute atomic E-state index is 0. The SMILES string of the molecule is [CH2-]CCCCC(C)(C)C.[Li+]. The van der Waals surface area contributed by atoms with Gasteiger partial charge in [-0.1, -0.05) is 33.6 Å². The summed E-state index contributed by atoms with van der Waals surface area (Å²) in [4.78, 5) is 0. The van der Waals surface area contributed by atoms with Crippen LogP contribution in [0.4, 0.5) is 0 Å². The molecule has 0 saturated heterocycles. The molecule has 0 aromatic rings. The summed E-state index contributed by atoms with van der Waals surface area (Å²) in [5.74, 6) is 0. The summed E-state index contributed by atoms with van der Waals surface area (Å²) in [7, 11) is 0. The van der Waals surface area contributed by atoms with Gasteiger partial charge in [0.1, 0.15) is 0 Å². The van der Waals surface area contributed by atoms with Gasteiger partial charge in [0, 0.05) is 0 Å². The first-order chi connectivity index (χ1) is 4.06. The Balaban J connectivity index is 0. The van der Waals surface area contributed by atoms with Crippen LogP contribution in [0.3, 0.4) is 0 Å². The molecule has 0 N–H and O–H groups in total. The first-order valence-corrected chi connectivity index (χ1v) is 3.85. The predicted molar refractivity (Wildman–Crippen MR) is 43.3 cm³/mol. The fourth-order valence-electron chi connectivity index (χ4n) is 0.832. The van der Waals surface area contributed by atoms with Gasteiger partial charge in [0.15, 0.2) is 0 Å². The average Bonchev–Trinajstić information content (AvgIpc) is 1.63. The second-order valence-electron chi connectivity index (χ2n) is 3.87. The molecule has 0 amide bonds.